The molecule has 3 unspecified atom stereocenters. The van der Waals surface area contributed by atoms with Gasteiger partial charge in [-0.1, -0.05) is 55.2 Å². The maximum atomic E-state index is 14.0. The molecule has 0 spiro atoms. The fourth-order valence-corrected chi connectivity index (χ4v) is 7.29. The zero-order valence-corrected chi connectivity index (χ0v) is 26.4. The molecule has 9 nitrogen and oxygen atoms in total. The standard InChI is InChI=1S/C32H38Cl2N2O7/c1-19-7-6-16-36(19,30(41)42)29(40)32(4)15-14-23(31(32,2)3)27(37)35-26(28(38)39)17-20-10-12-21(13-11-20)43-18-22-24(33)8-5-9-25(22)34/h5,8-13,19,23,26H,6-7,14-18H2,1-4H3,(H2-,35,37,38,39,41,42)/p+1/t19?,23-,26?,32?,36-/m0/s1. The molecule has 5 atom stereocenters. The molecule has 0 radical (unpaired) electrons. The summed E-state index contributed by atoms with van der Waals surface area (Å²) in [5.74, 6) is -2.14. The van der Waals surface area contributed by atoms with E-state index in [-0.39, 0.29) is 31.5 Å². The molecule has 2 aromatic carbocycles. The van der Waals surface area contributed by atoms with Gasteiger partial charge in [0.1, 0.15) is 24.4 Å². The summed E-state index contributed by atoms with van der Waals surface area (Å²) >= 11 is 12.4. The van der Waals surface area contributed by atoms with E-state index in [4.69, 9.17) is 27.9 Å². The van der Waals surface area contributed by atoms with E-state index in [2.05, 4.69) is 5.32 Å². The number of carbonyl (C=O) groups is 4. The largest absolute Gasteiger partial charge is 0.521 e. The lowest BCUT2D eigenvalue weighted by Crippen LogP contribution is -2.65. The van der Waals surface area contributed by atoms with E-state index in [9.17, 15) is 29.4 Å². The van der Waals surface area contributed by atoms with Gasteiger partial charge >= 0.3 is 18.0 Å². The number of carbonyl (C=O) groups excluding carboxylic acids is 2. The molecule has 4 rings (SSSR count). The number of aliphatic carboxylic acids is 1. The third-order valence-corrected chi connectivity index (χ3v) is 10.7. The van der Waals surface area contributed by atoms with Crippen LogP contribution in [-0.4, -0.2) is 57.2 Å². The van der Waals surface area contributed by atoms with Crippen LogP contribution in [0.15, 0.2) is 42.5 Å². The molecule has 43 heavy (non-hydrogen) atoms. The van der Waals surface area contributed by atoms with Crippen molar-refractivity contribution in [2.24, 2.45) is 16.7 Å². The highest BCUT2D eigenvalue weighted by Crippen LogP contribution is 2.58. The Balaban J connectivity index is 1.43. The number of carboxylic acid groups (broad SMARTS) is 2. The van der Waals surface area contributed by atoms with Crippen LogP contribution in [0.2, 0.25) is 10.0 Å². The summed E-state index contributed by atoms with van der Waals surface area (Å²) in [6.45, 7) is 7.57. The Hall–Kier alpha value is -3.14. The summed E-state index contributed by atoms with van der Waals surface area (Å²) < 4.78 is 5.17. The molecule has 1 saturated heterocycles. The Bertz CT molecular complexity index is 1390. The highest BCUT2D eigenvalue weighted by atomic mass is 35.5. The zero-order chi connectivity index (χ0) is 31.7. The van der Waals surface area contributed by atoms with Crippen molar-refractivity contribution in [1.82, 2.24) is 5.32 Å². The van der Waals surface area contributed by atoms with Gasteiger partial charge in [-0.15, -0.1) is 0 Å². The molecule has 0 aromatic heterocycles. The first-order valence-corrected chi connectivity index (χ1v) is 15.2. The summed E-state index contributed by atoms with van der Waals surface area (Å²) in [6.07, 6.45) is 0.857. The van der Waals surface area contributed by atoms with E-state index in [0.29, 0.717) is 52.6 Å². The number of hydrogen-bond acceptors (Lipinski definition) is 5. The number of rotatable bonds is 9. The lowest BCUT2D eigenvalue weighted by atomic mass is 9.64. The van der Waals surface area contributed by atoms with Gasteiger partial charge in [0.2, 0.25) is 5.91 Å². The second kappa shape index (κ2) is 12.5. The third-order valence-electron chi connectivity index (χ3n) is 10.0. The van der Waals surface area contributed by atoms with Crippen LogP contribution in [0.1, 0.15) is 64.5 Å². The van der Waals surface area contributed by atoms with E-state index >= 15 is 0 Å². The number of nitrogens with zero attached hydrogens (tertiary/aromatic N) is 1. The van der Waals surface area contributed by atoms with Gasteiger partial charge in [0, 0.05) is 40.8 Å². The molecule has 2 aromatic rings. The van der Waals surface area contributed by atoms with Gasteiger partial charge in [-0.25, -0.2) is 9.59 Å². The average Bonchev–Trinajstić information content (AvgIpc) is 3.45. The number of halogens is 2. The summed E-state index contributed by atoms with van der Waals surface area (Å²) in [5, 5.41) is 23.8. The summed E-state index contributed by atoms with van der Waals surface area (Å²) in [6, 6.07) is 10.5. The van der Waals surface area contributed by atoms with Gasteiger partial charge in [0.15, 0.2) is 0 Å². The van der Waals surface area contributed by atoms with Crippen LogP contribution in [0, 0.1) is 16.7 Å². The molecule has 3 N–H and O–H groups in total. The van der Waals surface area contributed by atoms with Gasteiger partial charge in [-0.3, -0.25) is 4.79 Å². The Labute approximate surface area is 261 Å². The molecule has 0 bridgehead atoms. The summed E-state index contributed by atoms with van der Waals surface area (Å²) in [7, 11) is 0. The SMILES string of the molecule is CC1CCC[N@@+]1(C(=O)O)C(=O)C1(C)CC[C@@H](C(=O)NC(Cc2ccc(OCc3c(Cl)cccc3Cl)cc2)C(=O)O)C1(C)C. The number of hydrogen-bond donors (Lipinski definition) is 3. The number of nitrogens with one attached hydrogen (secondary N) is 1. The van der Waals surface area contributed by atoms with Crippen LogP contribution in [0.5, 0.6) is 5.75 Å². The Morgan fingerprint density at radius 2 is 1.65 bits per heavy atom. The molecule has 1 saturated carbocycles. The fourth-order valence-electron chi connectivity index (χ4n) is 6.79. The Morgan fingerprint density at radius 1 is 1.02 bits per heavy atom. The molecule has 2 fully saturated rings. The van der Waals surface area contributed by atoms with Gasteiger partial charge in [-0.05, 0) is 61.9 Å². The van der Waals surface area contributed by atoms with Crippen molar-refractivity contribution in [3.05, 3.63) is 63.6 Å². The quantitative estimate of drug-likeness (QED) is 0.275. The Kier molecular flexibility index (Phi) is 9.50. The van der Waals surface area contributed by atoms with Crippen LogP contribution in [0.4, 0.5) is 4.79 Å². The first-order valence-electron chi connectivity index (χ1n) is 14.5. The lowest BCUT2D eigenvalue weighted by molar-refractivity contribution is -0.796. The zero-order valence-electron chi connectivity index (χ0n) is 24.9. The van der Waals surface area contributed by atoms with Crippen LogP contribution in [0.25, 0.3) is 0 Å². The van der Waals surface area contributed by atoms with E-state index in [1.165, 1.54) is 0 Å². The molecular formula is C32H39Cl2N2O7+. The molecule has 3 amide bonds. The minimum Gasteiger partial charge on any atom is -0.489 e. The van der Waals surface area contributed by atoms with Crippen molar-refractivity contribution in [1.29, 1.82) is 0 Å². The molecule has 1 aliphatic heterocycles. The topological polar surface area (TPSA) is 130 Å². The minimum atomic E-state index is -1.20. The monoisotopic (exact) mass is 633 g/mol. The maximum Gasteiger partial charge on any atom is 0.521 e. The number of amides is 3. The number of imide groups is 1. The third kappa shape index (κ3) is 5.99. The van der Waals surface area contributed by atoms with Crippen molar-refractivity contribution >= 4 is 47.1 Å². The van der Waals surface area contributed by atoms with Crippen LogP contribution in [-0.2, 0) is 27.4 Å². The van der Waals surface area contributed by atoms with Gasteiger partial charge in [0.05, 0.1) is 12.0 Å². The van der Waals surface area contributed by atoms with Crippen molar-refractivity contribution < 1.29 is 38.6 Å². The van der Waals surface area contributed by atoms with Crippen molar-refractivity contribution in [2.45, 2.75) is 78.5 Å². The normalized spacial score (nSPS) is 26.9. The van der Waals surface area contributed by atoms with Crippen molar-refractivity contribution in [3.63, 3.8) is 0 Å². The van der Waals surface area contributed by atoms with Crippen molar-refractivity contribution in [3.8, 4) is 5.75 Å². The summed E-state index contributed by atoms with van der Waals surface area (Å²) in [5.41, 5.74) is -0.637. The van der Waals surface area contributed by atoms with E-state index in [1.807, 2.05) is 13.8 Å². The number of benzene rings is 2. The lowest BCUT2D eigenvalue weighted by Gasteiger charge is -2.43. The number of likely N-dealkylation sites (tertiary alicyclic amines) is 1. The highest BCUT2D eigenvalue weighted by Gasteiger charge is 2.67. The van der Waals surface area contributed by atoms with Gasteiger partial charge in [0.25, 0.3) is 0 Å². The van der Waals surface area contributed by atoms with Crippen molar-refractivity contribution in [2.75, 3.05) is 6.54 Å². The second-order valence-corrected chi connectivity index (χ2v) is 13.4. The minimum absolute atomic E-state index is 0.0393. The second-order valence-electron chi connectivity index (χ2n) is 12.6. The predicted octanol–water partition coefficient (Wildman–Crippen LogP) is 6.33. The van der Waals surface area contributed by atoms with Crippen LogP contribution < -0.4 is 10.1 Å². The van der Waals surface area contributed by atoms with E-state index < -0.39 is 45.2 Å². The Morgan fingerprint density at radius 3 is 2.19 bits per heavy atom. The number of carboxylic acids is 1. The molecular weight excluding hydrogens is 595 g/mol. The highest BCUT2D eigenvalue weighted by molar-refractivity contribution is 6.35. The van der Waals surface area contributed by atoms with Crippen LogP contribution in [0.3, 0.4) is 0 Å². The summed E-state index contributed by atoms with van der Waals surface area (Å²) in [4.78, 5) is 52.2. The van der Waals surface area contributed by atoms with Gasteiger partial charge in [-0.2, -0.15) is 9.28 Å². The predicted molar refractivity (Wildman–Crippen MR) is 162 cm³/mol. The smallest absolute Gasteiger partial charge is 0.489 e. The first-order chi connectivity index (χ1) is 20.1. The van der Waals surface area contributed by atoms with Crippen LogP contribution >= 0.6 is 23.2 Å². The molecule has 1 aliphatic carbocycles. The number of quaternary nitrogens is 1. The molecule has 2 aliphatic rings. The number of ether oxygens (including phenoxy) is 1. The van der Waals surface area contributed by atoms with E-state index in [0.717, 1.165) is 0 Å². The average molecular weight is 635 g/mol. The molecule has 1 heterocycles. The maximum absolute atomic E-state index is 14.0. The fraction of sp³-hybridized carbons (Fsp3) is 0.500. The first kappa shape index (κ1) is 32.8. The van der Waals surface area contributed by atoms with Gasteiger partial charge < -0.3 is 20.3 Å². The molecule has 232 valence electrons. The van der Waals surface area contributed by atoms with E-state index in [1.54, 1.807) is 56.3 Å². The molecule has 11 heteroatoms.